The SMILES string of the molecule is Cc1ccc(NC(=O)Nc2ncc[nH]2)cc1C. The van der Waals surface area contributed by atoms with Crippen LogP contribution in [0.3, 0.4) is 0 Å². The van der Waals surface area contributed by atoms with Crippen LogP contribution in [0.2, 0.25) is 0 Å². The van der Waals surface area contributed by atoms with Gasteiger partial charge in [-0.05, 0) is 37.1 Å². The maximum Gasteiger partial charge on any atom is 0.326 e. The molecule has 2 aromatic rings. The fourth-order valence-electron chi connectivity index (χ4n) is 1.42. The van der Waals surface area contributed by atoms with E-state index >= 15 is 0 Å². The van der Waals surface area contributed by atoms with Crippen LogP contribution in [0.15, 0.2) is 30.6 Å². The summed E-state index contributed by atoms with van der Waals surface area (Å²) < 4.78 is 0. The zero-order chi connectivity index (χ0) is 12.3. The quantitative estimate of drug-likeness (QED) is 0.742. The molecule has 88 valence electrons. The third-order valence-electron chi connectivity index (χ3n) is 2.49. The van der Waals surface area contributed by atoms with E-state index in [4.69, 9.17) is 0 Å². The van der Waals surface area contributed by atoms with Gasteiger partial charge in [-0.2, -0.15) is 0 Å². The summed E-state index contributed by atoms with van der Waals surface area (Å²) in [6.07, 6.45) is 3.22. The number of amides is 2. The minimum absolute atomic E-state index is 0.316. The molecule has 0 aliphatic carbocycles. The van der Waals surface area contributed by atoms with Crippen LogP contribution in [0.25, 0.3) is 0 Å². The maximum absolute atomic E-state index is 11.6. The number of nitrogens with one attached hydrogen (secondary N) is 3. The highest BCUT2D eigenvalue weighted by Gasteiger charge is 2.04. The van der Waals surface area contributed by atoms with Gasteiger partial charge in [0.25, 0.3) is 0 Å². The Kier molecular flexibility index (Phi) is 3.09. The molecule has 0 atom stereocenters. The molecule has 0 bridgehead atoms. The largest absolute Gasteiger partial charge is 0.331 e. The van der Waals surface area contributed by atoms with Crippen molar-refractivity contribution >= 4 is 17.7 Å². The number of aryl methyl sites for hydroxylation is 2. The molecule has 17 heavy (non-hydrogen) atoms. The number of benzene rings is 1. The lowest BCUT2D eigenvalue weighted by Crippen LogP contribution is -2.20. The molecule has 0 aliphatic rings. The maximum atomic E-state index is 11.6. The Labute approximate surface area is 99.3 Å². The van der Waals surface area contributed by atoms with E-state index in [1.165, 1.54) is 5.56 Å². The van der Waals surface area contributed by atoms with Crippen LogP contribution in [-0.2, 0) is 0 Å². The molecule has 5 heteroatoms. The Bertz CT molecular complexity index is 519. The summed E-state index contributed by atoms with van der Waals surface area (Å²) in [7, 11) is 0. The third-order valence-corrected chi connectivity index (χ3v) is 2.49. The Balaban J connectivity index is 2.00. The molecule has 3 N–H and O–H groups in total. The number of urea groups is 1. The second kappa shape index (κ2) is 4.69. The number of aromatic nitrogens is 2. The Morgan fingerprint density at radius 3 is 2.71 bits per heavy atom. The summed E-state index contributed by atoms with van der Waals surface area (Å²) in [6, 6.07) is 5.45. The minimum atomic E-state index is -0.316. The van der Waals surface area contributed by atoms with Gasteiger partial charge in [0.2, 0.25) is 5.95 Å². The van der Waals surface area contributed by atoms with Gasteiger partial charge in [0.15, 0.2) is 0 Å². The van der Waals surface area contributed by atoms with E-state index < -0.39 is 0 Å². The number of aromatic amines is 1. The van der Waals surface area contributed by atoms with Crippen molar-refractivity contribution in [3.63, 3.8) is 0 Å². The van der Waals surface area contributed by atoms with E-state index in [-0.39, 0.29) is 6.03 Å². The van der Waals surface area contributed by atoms with Gasteiger partial charge < -0.3 is 10.3 Å². The van der Waals surface area contributed by atoms with Crippen LogP contribution >= 0.6 is 0 Å². The van der Waals surface area contributed by atoms with Gasteiger partial charge in [0.05, 0.1) is 0 Å². The molecule has 5 nitrogen and oxygen atoms in total. The van der Waals surface area contributed by atoms with Crippen molar-refractivity contribution in [3.05, 3.63) is 41.7 Å². The highest BCUT2D eigenvalue weighted by atomic mass is 16.2. The predicted molar refractivity (Wildman–Crippen MR) is 67.1 cm³/mol. The van der Waals surface area contributed by atoms with Crippen LogP contribution in [0.1, 0.15) is 11.1 Å². The molecular formula is C12H14N4O. The second-order valence-corrected chi connectivity index (χ2v) is 3.82. The zero-order valence-electron chi connectivity index (χ0n) is 9.74. The topological polar surface area (TPSA) is 69.8 Å². The third kappa shape index (κ3) is 2.84. The van der Waals surface area contributed by atoms with Crippen molar-refractivity contribution in [2.75, 3.05) is 10.6 Å². The number of imidazole rings is 1. The normalized spacial score (nSPS) is 10.0. The van der Waals surface area contributed by atoms with Crippen LogP contribution in [-0.4, -0.2) is 16.0 Å². The minimum Gasteiger partial charge on any atom is -0.331 e. The van der Waals surface area contributed by atoms with Crippen LogP contribution < -0.4 is 10.6 Å². The van der Waals surface area contributed by atoms with E-state index in [9.17, 15) is 4.79 Å². The van der Waals surface area contributed by atoms with Gasteiger partial charge in [0.1, 0.15) is 0 Å². The summed E-state index contributed by atoms with van der Waals surface area (Å²) in [5.74, 6) is 0.423. The van der Waals surface area contributed by atoms with E-state index in [1.807, 2.05) is 32.0 Å². The Hall–Kier alpha value is -2.30. The van der Waals surface area contributed by atoms with Gasteiger partial charge >= 0.3 is 6.03 Å². The number of hydrogen-bond acceptors (Lipinski definition) is 2. The number of carbonyl (C=O) groups is 1. The molecule has 0 radical (unpaired) electrons. The molecule has 1 aromatic carbocycles. The van der Waals surface area contributed by atoms with Gasteiger partial charge in [-0.1, -0.05) is 6.07 Å². The van der Waals surface area contributed by atoms with Crippen LogP contribution in [0.4, 0.5) is 16.4 Å². The first kappa shape index (κ1) is 11.2. The van der Waals surface area contributed by atoms with Gasteiger partial charge in [-0.3, -0.25) is 5.32 Å². The van der Waals surface area contributed by atoms with Crippen LogP contribution in [0, 0.1) is 13.8 Å². The summed E-state index contributed by atoms with van der Waals surface area (Å²) in [4.78, 5) is 18.3. The number of hydrogen-bond donors (Lipinski definition) is 3. The molecule has 0 saturated carbocycles. The zero-order valence-corrected chi connectivity index (χ0v) is 9.74. The lowest BCUT2D eigenvalue weighted by Gasteiger charge is -2.07. The molecule has 2 rings (SSSR count). The molecule has 0 fully saturated rings. The molecule has 1 aromatic heterocycles. The fourth-order valence-corrected chi connectivity index (χ4v) is 1.42. The van der Waals surface area contributed by atoms with Crippen LogP contribution in [0.5, 0.6) is 0 Å². The number of nitrogens with zero attached hydrogens (tertiary/aromatic N) is 1. The lowest BCUT2D eigenvalue weighted by atomic mass is 10.1. The summed E-state index contributed by atoms with van der Waals surface area (Å²) >= 11 is 0. The Morgan fingerprint density at radius 2 is 2.06 bits per heavy atom. The molecule has 0 aliphatic heterocycles. The summed E-state index contributed by atoms with van der Waals surface area (Å²) in [5.41, 5.74) is 3.10. The first-order valence-electron chi connectivity index (χ1n) is 5.30. The van der Waals surface area contributed by atoms with Gasteiger partial charge in [-0.15, -0.1) is 0 Å². The number of rotatable bonds is 2. The smallest absolute Gasteiger partial charge is 0.326 e. The highest BCUT2D eigenvalue weighted by Crippen LogP contribution is 2.14. The average Bonchev–Trinajstić information content (AvgIpc) is 2.76. The first-order valence-corrected chi connectivity index (χ1v) is 5.30. The van der Waals surface area contributed by atoms with E-state index in [0.717, 1.165) is 11.3 Å². The molecule has 1 heterocycles. The van der Waals surface area contributed by atoms with E-state index in [0.29, 0.717) is 5.95 Å². The molecule has 2 amide bonds. The molecule has 0 saturated heterocycles. The van der Waals surface area contributed by atoms with Gasteiger partial charge in [-0.25, -0.2) is 9.78 Å². The predicted octanol–water partition coefficient (Wildman–Crippen LogP) is 2.67. The second-order valence-electron chi connectivity index (χ2n) is 3.82. The van der Waals surface area contributed by atoms with Crippen molar-refractivity contribution < 1.29 is 4.79 Å². The van der Waals surface area contributed by atoms with Crippen molar-refractivity contribution in [1.29, 1.82) is 0 Å². The number of carbonyl (C=O) groups excluding carboxylic acids is 1. The highest BCUT2D eigenvalue weighted by molar-refractivity contribution is 5.98. The Morgan fingerprint density at radius 1 is 1.24 bits per heavy atom. The van der Waals surface area contributed by atoms with Gasteiger partial charge in [0, 0.05) is 18.1 Å². The molecule has 0 unspecified atom stereocenters. The number of H-pyrrole nitrogens is 1. The lowest BCUT2D eigenvalue weighted by molar-refractivity contribution is 0.262. The average molecular weight is 230 g/mol. The summed E-state index contributed by atoms with van der Waals surface area (Å²) in [5, 5.41) is 5.33. The fraction of sp³-hybridized carbons (Fsp3) is 0.167. The monoisotopic (exact) mass is 230 g/mol. The molecular weight excluding hydrogens is 216 g/mol. The first-order chi connectivity index (χ1) is 8.15. The van der Waals surface area contributed by atoms with E-state index in [2.05, 4.69) is 20.6 Å². The standard InChI is InChI=1S/C12H14N4O/c1-8-3-4-10(7-9(8)2)15-12(17)16-11-13-5-6-14-11/h3-7H,1-2H3,(H3,13,14,15,16,17). The van der Waals surface area contributed by atoms with Crippen molar-refractivity contribution in [2.45, 2.75) is 13.8 Å². The van der Waals surface area contributed by atoms with Crippen molar-refractivity contribution in [2.24, 2.45) is 0 Å². The van der Waals surface area contributed by atoms with E-state index in [1.54, 1.807) is 12.4 Å². The van der Waals surface area contributed by atoms with Crippen molar-refractivity contribution in [1.82, 2.24) is 9.97 Å². The molecule has 0 spiro atoms. The summed E-state index contributed by atoms with van der Waals surface area (Å²) in [6.45, 7) is 4.03. The number of anilines is 2. The van der Waals surface area contributed by atoms with Crippen molar-refractivity contribution in [3.8, 4) is 0 Å².